The predicted molar refractivity (Wildman–Crippen MR) is 229 cm³/mol. The van der Waals surface area contributed by atoms with Gasteiger partial charge in [-0.2, -0.15) is 0 Å². The SMILES string of the molecule is c1ccc(N(c2ccccc2)c2ccc(-c3ccc(-c4cc(-c5ccc6ccccc6c5)c5oc6ccc7oc8ccccc8c7c6c5c4)cc3)cc2)cc1. The highest BCUT2D eigenvalue weighted by molar-refractivity contribution is 6.27. The Kier molecular flexibility index (Phi) is 7.17. The van der Waals surface area contributed by atoms with Crippen LogP contribution >= 0.6 is 0 Å². The van der Waals surface area contributed by atoms with Crippen molar-refractivity contribution in [1.82, 2.24) is 0 Å². The summed E-state index contributed by atoms with van der Waals surface area (Å²) < 4.78 is 13.1. The van der Waals surface area contributed by atoms with Gasteiger partial charge in [0.1, 0.15) is 22.3 Å². The first kappa shape index (κ1) is 31.2. The zero-order valence-electron chi connectivity index (χ0n) is 29.8. The van der Waals surface area contributed by atoms with Crippen LogP contribution in [-0.2, 0) is 0 Å². The lowest BCUT2D eigenvalue weighted by Crippen LogP contribution is -2.09. The van der Waals surface area contributed by atoms with Gasteiger partial charge in [0, 0.05) is 44.2 Å². The van der Waals surface area contributed by atoms with E-state index in [2.05, 4.69) is 181 Å². The van der Waals surface area contributed by atoms with Gasteiger partial charge in [0.2, 0.25) is 0 Å². The van der Waals surface area contributed by atoms with Gasteiger partial charge in [0.15, 0.2) is 0 Å². The Morgan fingerprint density at radius 2 is 0.836 bits per heavy atom. The van der Waals surface area contributed by atoms with Crippen molar-refractivity contribution in [2.24, 2.45) is 0 Å². The smallest absolute Gasteiger partial charge is 0.143 e. The van der Waals surface area contributed by atoms with Gasteiger partial charge in [-0.25, -0.2) is 0 Å². The van der Waals surface area contributed by atoms with Crippen LogP contribution in [0, 0.1) is 0 Å². The molecule has 0 aliphatic rings. The molecule has 11 aromatic rings. The molecule has 0 N–H and O–H groups in total. The minimum atomic E-state index is 0.852. The quantitative estimate of drug-likeness (QED) is 0.173. The Bertz CT molecular complexity index is 3140. The standard InChI is InChI=1S/C52H33NO2/c1-3-13-41(14-4-1)53(42-15-5-2-6-16-42)43-27-25-36(26-28-43)35-19-21-37(22-20-35)40-32-45(39-24-23-34-11-7-8-12-38(34)31-39)52-46(33-40)51-49(55-52)30-29-48-50(51)44-17-9-10-18-47(44)54-48/h1-33H. The Morgan fingerprint density at radius 3 is 1.55 bits per heavy atom. The van der Waals surface area contributed by atoms with Crippen LogP contribution in [0.25, 0.3) is 88.0 Å². The van der Waals surface area contributed by atoms with Gasteiger partial charge < -0.3 is 13.7 Å². The molecule has 0 fully saturated rings. The maximum Gasteiger partial charge on any atom is 0.143 e. The Balaban J connectivity index is 1.03. The van der Waals surface area contributed by atoms with Crippen LogP contribution in [0.3, 0.4) is 0 Å². The number of hydrogen-bond acceptors (Lipinski definition) is 3. The molecule has 11 rings (SSSR count). The number of fused-ring (bicyclic) bond motifs is 8. The highest BCUT2D eigenvalue weighted by Crippen LogP contribution is 2.45. The first-order chi connectivity index (χ1) is 27.2. The third-order valence-electron chi connectivity index (χ3n) is 10.8. The molecule has 258 valence electrons. The molecular weight excluding hydrogens is 671 g/mol. The summed E-state index contributed by atoms with van der Waals surface area (Å²) in [6.45, 7) is 0. The molecule has 0 aliphatic carbocycles. The van der Waals surface area contributed by atoms with Crippen LogP contribution in [-0.4, -0.2) is 0 Å². The van der Waals surface area contributed by atoms with Gasteiger partial charge in [0.25, 0.3) is 0 Å². The lowest BCUT2D eigenvalue weighted by atomic mass is 9.93. The molecule has 0 bridgehead atoms. The van der Waals surface area contributed by atoms with Crippen LogP contribution in [0.4, 0.5) is 17.1 Å². The molecular formula is C52H33NO2. The second-order valence-corrected chi connectivity index (χ2v) is 14.1. The van der Waals surface area contributed by atoms with Crippen molar-refractivity contribution in [3.05, 3.63) is 200 Å². The average Bonchev–Trinajstić information content (AvgIpc) is 3.83. The van der Waals surface area contributed by atoms with E-state index < -0.39 is 0 Å². The van der Waals surface area contributed by atoms with Crippen molar-refractivity contribution in [1.29, 1.82) is 0 Å². The second kappa shape index (κ2) is 12.6. The molecule has 3 nitrogen and oxygen atoms in total. The van der Waals surface area contributed by atoms with E-state index in [9.17, 15) is 0 Å². The fourth-order valence-electron chi connectivity index (χ4n) is 8.18. The zero-order chi connectivity index (χ0) is 36.3. The van der Waals surface area contributed by atoms with Crippen molar-refractivity contribution in [3.63, 3.8) is 0 Å². The largest absolute Gasteiger partial charge is 0.456 e. The minimum Gasteiger partial charge on any atom is -0.456 e. The second-order valence-electron chi connectivity index (χ2n) is 14.1. The van der Waals surface area contributed by atoms with Crippen molar-refractivity contribution < 1.29 is 8.83 Å². The monoisotopic (exact) mass is 703 g/mol. The predicted octanol–water partition coefficient (Wildman–Crippen LogP) is 15.1. The molecule has 0 spiro atoms. The summed E-state index contributed by atoms with van der Waals surface area (Å²) >= 11 is 0. The molecule has 0 saturated carbocycles. The highest BCUT2D eigenvalue weighted by Gasteiger charge is 2.20. The van der Waals surface area contributed by atoms with Crippen molar-refractivity contribution in [2.75, 3.05) is 4.90 Å². The maximum absolute atomic E-state index is 6.78. The Morgan fingerprint density at radius 1 is 0.309 bits per heavy atom. The number of para-hydroxylation sites is 3. The summed E-state index contributed by atoms with van der Waals surface area (Å²) in [7, 11) is 0. The highest BCUT2D eigenvalue weighted by atomic mass is 16.3. The first-order valence-electron chi connectivity index (χ1n) is 18.7. The van der Waals surface area contributed by atoms with E-state index in [1.807, 2.05) is 24.3 Å². The van der Waals surface area contributed by atoms with Crippen molar-refractivity contribution in [3.8, 4) is 33.4 Å². The van der Waals surface area contributed by atoms with E-state index in [-0.39, 0.29) is 0 Å². The van der Waals surface area contributed by atoms with E-state index in [1.54, 1.807) is 0 Å². The summed E-state index contributed by atoms with van der Waals surface area (Å²) in [5, 5.41) is 6.75. The fraction of sp³-hybridized carbons (Fsp3) is 0. The number of anilines is 3. The van der Waals surface area contributed by atoms with Crippen LogP contribution in [0.1, 0.15) is 0 Å². The van der Waals surface area contributed by atoms with Crippen molar-refractivity contribution in [2.45, 2.75) is 0 Å². The van der Waals surface area contributed by atoms with Crippen molar-refractivity contribution >= 4 is 71.7 Å². The first-order valence-corrected chi connectivity index (χ1v) is 18.7. The number of furan rings is 2. The molecule has 0 saturated heterocycles. The van der Waals surface area contributed by atoms with Crippen LogP contribution < -0.4 is 4.90 Å². The number of hydrogen-bond donors (Lipinski definition) is 0. The van der Waals surface area contributed by atoms with Gasteiger partial charge in [-0.05, 0) is 111 Å². The third-order valence-corrected chi connectivity index (χ3v) is 10.8. The lowest BCUT2D eigenvalue weighted by molar-refractivity contribution is 0.663. The van der Waals surface area contributed by atoms with Gasteiger partial charge in [-0.3, -0.25) is 0 Å². The molecule has 2 aromatic heterocycles. The molecule has 0 unspecified atom stereocenters. The van der Waals surface area contributed by atoms with E-state index in [4.69, 9.17) is 8.83 Å². The van der Waals surface area contributed by atoms with E-state index in [0.717, 1.165) is 88.8 Å². The number of nitrogens with zero attached hydrogens (tertiary/aromatic N) is 1. The maximum atomic E-state index is 6.78. The van der Waals surface area contributed by atoms with Gasteiger partial charge in [0.05, 0.1) is 0 Å². The molecule has 3 heteroatoms. The minimum absolute atomic E-state index is 0.852. The van der Waals surface area contributed by atoms with Gasteiger partial charge in [-0.1, -0.05) is 127 Å². The summed E-state index contributed by atoms with van der Waals surface area (Å²) in [4.78, 5) is 2.29. The van der Waals surface area contributed by atoms with E-state index >= 15 is 0 Å². The van der Waals surface area contributed by atoms with Crippen LogP contribution in [0.15, 0.2) is 209 Å². The normalized spacial score (nSPS) is 11.6. The molecule has 0 atom stereocenters. The lowest BCUT2D eigenvalue weighted by Gasteiger charge is -2.25. The molecule has 0 radical (unpaired) electrons. The summed E-state index contributed by atoms with van der Waals surface area (Å²) in [5.41, 5.74) is 13.6. The molecule has 0 aliphatic heterocycles. The Labute approximate surface area is 317 Å². The number of rotatable bonds is 6. The molecule has 55 heavy (non-hydrogen) atoms. The summed E-state index contributed by atoms with van der Waals surface area (Å²) in [6, 6.07) is 70.9. The zero-order valence-corrected chi connectivity index (χ0v) is 29.8. The molecule has 0 amide bonds. The Hall–Kier alpha value is -7.36. The molecule has 9 aromatic carbocycles. The third kappa shape index (κ3) is 5.28. The number of benzene rings is 9. The van der Waals surface area contributed by atoms with E-state index in [1.165, 1.54) is 16.3 Å². The average molecular weight is 704 g/mol. The van der Waals surface area contributed by atoms with Gasteiger partial charge >= 0.3 is 0 Å². The topological polar surface area (TPSA) is 29.5 Å². The van der Waals surface area contributed by atoms with Gasteiger partial charge in [-0.15, -0.1) is 0 Å². The summed E-state index contributed by atoms with van der Waals surface area (Å²) in [5.74, 6) is 0. The fourth-order valence-corrected chi connectivity index (χ4v) is 8.18. The van der Waals surface area contributed by atoms with Crippen LogP contribution in [0.2, 0.25) is 0 Å². The van der Waals surface area contributed by atoms with Crippen LogP contribution in [0.5, 0.6) is 0 Å². The summed E-state index contributed by atoms with van der Waals surface area (Å²) in [6.07, 6.45) is 0. The molecule has 2 heterocycles. The van der Waals surface area contributed by atoms with E-state index in [0.29, 0.717) is 0 Å².